The van der Waals surface area contributed by atoms with Gasteiger partial charge in [-0.15, -0.1) is 11.8 Å². The van der Waals surface area contributed by atoms with Gasteiger partial charge < -0.3 is 14.2 Å². The Morgan fingerprint density at radius 3 is 2.41 bits per heavy atom. The van der Waals surface area contributed by atoms with Crippen molar-refractivity contribution in [1.82, 2.24) is 9.97 Å². The molecule has 11 heteroatoms. The number of hydrogen-bond acceptors (Lipinski definition) is 8. The second kappa shape index (κ2) is 10.3. The van der Waals surface area contributed by atoms with E-state index in [2.05, 4.69) is 9.97 Å². The number of aliphatic imine (C=N–C) groups is 1. The fourth-order valence-electron chi connectivity index (χ4n) is 5.61. The number of anilines is 1. The second-order valence-electron chi connectivity index (χ2n) is 11.8. The van der Waals surface area contributed by atoms with Crippen molar-refractivity contribution in [2.24, 2.45) is 10.9 Å². The number of carbonyl (C=O) groups is 1. The Bertz CT molecular complexity index is 1490. The van der Waals surface area contributed by atoms with Crippen molar-refractivity contribution in [1.29, 1.82) is 0 Å². The number of carbonyl (C=O) groups excluding carboxylic acids is 1. The molecule has 6 rings (SSSR count). The highest BCUT2D eigenvalue weighted by Gasteiger charge is 2.54. The number of rotatable bonds is 6. The van der Waals surface area contributed by atoms with Gasteiger partial charge in [0.2, 0.25) is 5.95 Å². The molecule has 3 aliphatic heterocycles. The van der Waals surface area contributed by atoms with Gasteiger partial charge in [0, 0.05) is 29.3 Å². The molecule has 41 heavy (non-hydrogen) atoms. The number of benzene rings is 2. The third-order valence-electron chi connectivity index (χ3n) is 8.60. The summed E-state index contributed by atoms with van der Waals surface area (Å²) in [5, 5.41) is 0.650. The molecule has 0 spiro atoms. The number of thioether (sulfide) groups is 1. The maximum absolute atomic E-state index is 15.9. The number of hydrogen-bond donors (Lipinski definition) is 0. The minimum Gasteiger partial charge on any atom is -0.399 e. The molecule has 0 radical (unpaired) electrons. The Hall–Kier alpha value is -3.15. The average Bonchev–Trinajstić information content (AvgIpc) is 3.43. The predicted octanol–water partition coefficient (Wildman–Crippen LogP) is 4.80. The van der Waals surface area contributed by atoms with Gasteiger partial charge in [-0.1, -0.05) is 42.5 Å². The van der Waals surface area contributed by atoms with Crippen LogP contribution in [0.5, 0.6) is 0 Å². The van der Waals surface area contributed by atoms with E-state index in [0.717, 1.165) is 12.4 Å². The number of halogens is 2. The van der Waals surface area contributed by atoms with Crippen LogP contribution in [0.4, 0.5) is 14.7 Å². The fourth-order valence-corrected chi connectivity index (χ4v) is 6.85. The smallest absolute Gasteiger partial charge is 0.399 e. The highest BCUT2D eigenvalue weighted by atomic mass is 32.2. The molecule has 1 aromatic heterocycles. The molecule has 3 aromatic rings. The molecule has 4 heterocycles. The van der Waals surface area contributed by atoms with Crippen LogP contribution in [0.15, 0.2) is 65.9 Å². The van der Waals surface area contributed by atoms with Crippen molar-refractivity contribution >= 4 is 41.1 Å². The molecule has 2 saturated heterocycles. The van der Waals surface area contributed by atoms with E-state index in [1.807, 2.05) is 50.8 Å². The van der Waals surface area contributed by atoms with Gasteiger partial charge in [0.1, 0.15) is 11.4 Å². The molecule has 0 unspecified atom stereocenters. The molecular formula is C30H31BF2N4O3S. The number of ketones is 1. The molecule has 212 valence electrons. The molecule has 0 saturated carbocycles. The molecule has 2 atom stereocenters. The molecule has 0 bridgehead atoms. The first-order valence-electron chi connectivity index (χ1n) is 13.7. The summed E-state index contributed by atoms with van der Waals surface area (Å²) in [7, 11) is -0.673. The van der Waals surface area contributed by atoms with Gasteiger partial charge in [0.05, 0.1) is 41.6 Å². The van der Waals surface area contributed by atoms with E-state index < -0.39 is 35.5 Å². The monoisotopic (exact) mass is 576 g/mol. The summed E-state index contributed by atoms with van der Waals surface area (Å²) >= 11 is 1.52. The summed E-state index contributed by atoms with van der Waals surface area (Å²) in [6.07, 6.45) is 2.37. The van der Waals surface area contributed by atoms with E-state index in [9.17, 15) is 9.18 Å². The van der Waals surface area contributed by atoms with Crippen LogP contribution in [0.1, 0.15) is 50.0 Å². The third kappa shape index (κ3) is 5.08. The number of aromatic nitrogens is 2. The lowest BCUT2D eigenvalue weighted by atomic mass is 9.74. The largest absolute Gasteiger partial charge is 0.494 e. The minimum absolute atomic E-state index is 0.0476. The Labute approximate surface area is 242 Å². The van der Waals surface area contributed by atoms with Crippen LogP contribution in [0, 0.1) is 17.6 Å². The summed E-state index contributed by atoms with van der Waals surface area (Å²) in [6.45, 7) is 8.67. The second-order valence-corrected chi connectivity index (χ2v) is 12.9. The lowest BCUT2D eigenvalue weighted by Crippen LogP contribution is -2.42. The van der Waals surface area contributed by atoms with Crippen molar-refractivity contribution in [3.8, 4) is 0 Å². The normalized spacial score (nSPS) is 24.7. The van der Waals surface area contributed by atoms with Gasteiger partial charge in [-0.3, -0.25) is 9.79 Å². The predicted molar refractivity (Wildman–Crippen MR) is 157 cm³/mol. The van der Waals surface area contributed by atoms with Crippen molar-refractivity contribution in [2.45, 2.75) is 50.9 Å². The van der Waals surface area contributed by atoms with Gasteiger partial charge in [0.25, 0.3) is 0 Å². The van der Waals surface area contributed by atoms with Gasteiger partial charge in [-0.25, -0.2) is 18.7 Å². The summed E-state index contributed by atoms with van der Waals surface area (Å²) < 4.78 is 42.0. The van der Waals surface area contributed by atoms with Gasteiger partial charge in [-0.2, -0.15) is 0 Å². The fraction of sp³-hybridized carbons (Fsp3) is 0.400. The molecule has 0 N–H and O–H groups in total. The van der Waals surface area contributed by atoms with E-state index in [1.165, 1.54) is 17.8 Å². The molecule has 7 nitrogen and oxygen atoms in total. The summed E-state index contributed by atoms with van der Waals surface area (Å²) in [4.78, 5) is 28.5. The minimum atomic E-state index is -1.01. The lowest BCUT2D eigenvalue weighted by Gasteiger charge is -2.36. The maximum atomic E-state index is 15.9. The number of Topliss-reactive ketones (excluding diaryl/α,β-unsaturated/α-hetero) is 1. The van der Waals surface area contributed by atoms with Crippen molar-refractivity contribution in [3.63, 3.8) is 0 Å². The van der Waals surface area contributed by atoms with Gasteiger partial charge in [-0.05, 0) is 39.2 Å². The van der Waals surface area contributed by atoms with Crippen LogP contribution >= 0.6 is 11.8 Å². The number of fused-ring (bicyclic) bond motifs is 1. The Kier molecular flexibility index (Phi) is 7.03. The van der Waals surface area contributed by atoms with Crippen LogP contribution in [0.25, 0.3) is 0 Å². The number of nitrogens with zero attached hydrogens (tertiary/aromatic N) is 4. The van der Waals surface area contributed by atoms with E-state index in [4.69, 9.17) is 14.3 Å². The van der Waals surface area contributed by atoms with Gasteiger partial charge >= 0.3 is 7.12 Å². The average molecular weight is 576 g/mol. The van der Waals surface area contributed by atoms with Crippen LogP contribution in [-0.4, -0.2) is 58.0 Å². The van der Waals surface area contributed by atoms with Gasteiger partial charge in [0.15, 0.2) is 11.6 Å². The van der Waals surface area contributed by atoms with Crippen LogP contribution in [0.2, 0.25) is 0 Å². The van der Waals surface area contributed by atoms with E-state index in [0.29, 0.717) is 39.9 Å². The zero-order valence-electron chi connectivity index (χ0n) is 23.4. The van der Waals surface area contributed by atoms with Crippen LogP contribution in [-0.2, 0) is 14.8 Å². The van der Waals surface area contributed by atoms with Crippen LogP contribution < -0.4 is 10.4 Å². The lowest BCUT2D eigenvalue weighted by molar-refractivity contribution is 0.00578. The topological polar surface area (TPSA) is 76.9 Å². The third-order valence-corrected chi connectivity index (χ3v) is 9.74. The van der Waals surface area contributed by atoms with Crippen molar-refractivity contribution in [2.75, 3.05) is 23.7 Å². The Balaban J connectivity index is 1.41. The summed E-state index contributed by atoms with van der Waals surface area (Å²) in [5.41, 5.74) is -0.416. The highest BCUT2D eigenvalue weighted by Crippen LogP contribution is 2.48. The standard InChI is InChI=1S/C30H31BF2N4O3S/c1-28(2)29(3,4)40-31(39-28)21-10-11-24(33)23(12-21)30-18-37(27-34-14-22(32)15-35-27)16-20(30)17-41-26(36-30)13-25(38)19-8-6-5-7-9-19/h5-12,14-15,20H,13,16-18H2,1-4H3/t20-,30-/m0/s1. The van der Waals surface area contributed by atoms with E-state index >= 15 is 4.39 Å². The van der Waals surface area contributed by atoms with E-state index in [-0.39, 0.29) is 24.7 Å². The Morgan fingerprint density at radius 1 is 1.05 bits per heavy atom. The molecular weight excluding hydrogens is 545 g/mol. The zero-order valence-corrected chi connectivity index (χ0v) is 24.3. The molecule has 3 aliphatic rings. The molecule has 2 fully saturated rings. The molecule has 0 amide bonds. The van der Waals surface area contributed by atoms with Crippen LogP contribution in [0.3, 0.4) is 0 Å². The quantitative estimate of drug-likeness (QED) is 0.308. The first-order valence-corrected chi connectivity index (χ1v) is 14.6. The van der Waals surface area contributed by atoms with E-state index in [1.54, 1.807) is 24.3 Å². The first-order chi connectivity index (χ1) is 19.5. The maximum Gasteiger partial charge on any atom is 0.494 e. The molecule has 0 aliphatic carbocycles. The van der Waals surface area contributed by atoms with Crippen molar-refractivity contribution in [3.05, 3.63) is 83.7 Å². The SMILES string of the molecule is CC1(C)OB(c2ccc(F)c([C@]34CN(c5ncc(F)cn5)C[C@H]3CSC(CC(=O)c3ccccc3)=N4)c2)OC1(C)C. The van der Waals surface area contributed by atoms with Crippen molar-refractivity contribution < 1.29 is 22.9 Å². The summed E-state index contributed by atoms with van der Waals surface area (Å²) in [6, 6.07) is 14.0. The molecule has 2 aromatic carbocycles. The zero-order chi connectivity index (χ0) is 29.0. The Morgan fingerprint density at radius 2 is 1.73 bits per heavy atom. The first kappa shape index (κ1) is 28.0. The highest BCUT2D eigenvalue weighted by molar-refractivity contribution is 8.14. The summed E-state index contributed by atoms with van der Waals surface area (Å²) in [5.74, 6) is -0.116.